The van der Waals surface area contributed by atoms with Gasteiger partial charge in [-0.1, -0.05) is 13.0 Å². The van der Waals surface area contributed by atoms with Gasteiger partial charge in [-0.2, -0.15) is 5.10 Å². The van der Waals surface area contributed by atoms with E-state index in [4.69, 9.17) is 0 Å². The van der Waals surface area contributed by atoms with Crippen molar-refractivity contribution in [2.75, 3.05) is 42.5 Å². The molecular weight excluding hydrogens is 356 g/mol. The first-order valence-corrected chi connectivity index (χ1v) is 9.60. The topological polar surface area (TPSA) is 92.1 Å². The molecule has 0 aliphatic carbocycles. The number of carbonyl (C=O) groups excluding carboxylic acids is 1. The molecule has 9 heteroatoms. The van der Waals surface area contributed by atoms with Crippen LogP contribution >= 0.6 is 0 Å². The lowest BCUT2D eigenvalue weighted by atomic mass is 10.2. The highest BCUT2D eigenvalue weighted by molar-refractivity contribution is 5.88. The maximum atomic E-state index is 12.0. The Morgan fingerprint density at radius 3 is 2.68 bits per heavy atom. The molecule has 0 bridgehead atoms. The molecule has 4 rings (SSSR count). The molecule has 0 atom stereocenters. The Morgan fingerprint density at radius 1 is 1.11 bits per heavy atom. The molecule has 1 saturated heterocycles. The van der Waals surface area contributed by atoms with Crippen LogP contribution in [0.1, 0.15) is 13.3 Å². The molecule has 0 radical (unpaired) electrons. The number of hydrogen-bond donors (Lipinski definition) is 1. The summed E-state index contributed by atoms with van der Waals surface area (Å²) in [7, 11) is 0. The maximum absolute atomic E-state index is 12.0. The Labute approximate surface area is 163 Å². The fourth-order valence-corrected chi connectivity index (χ4v) is 3.39. The highest BCUT2D eigenvalue weighted by Crippen LogP contribution is 2.24. The fraction of sp³-hybridized carbons (Fsp3) is 0.421. The minimum Gasteiger partial charge on any atom is -0.355 e. The number of amides is 1. The molecule has 1 N–H and O–H groups in total. The summed E-state index contributed by atoms with van der Waals surface area (Å²) in [5, 5.41) is 8.11. The van der Waals surface area contributed by atoms with Gasteiger partial charge >= 0.3 is 0 Å². The number of nitrogens with one attached hydrogen (secondary N) is 1. The standard InChI is InChI=1S/C19H24N8O/c1-2-6-21-17(28)13-27-19-15(12-24-27)18(22-14-23-19)26-10-8-25(9-11-26)16-5-3-4-7-20-16/h3-5,7,12,14H,2,6,8-11,13H2,1H3,(H,21,28). The average Bonchev–Trinajstić information content (AvgIpc) is 3.16. The first-order valence-electron chi connectivity index (χ1n) is 9.60. The number of fused-ring (bicyclic) bond motifs is 1. The highest BCUT2D eigenvalue weighted by atomic mass is 16.2. The predicted molar refractivity (Wildman–Crippen MR) is 107 cm³/mol. The van der Waals surface area contributed by atoms with E-state index in [0.717, 1.165) is 49.6 Å². The quantitative estimate of drug-likeness (QED) is 0.684. The van der Waals surface area contributed by atoms with E-state index in [9.17, 15) is 4.79 Å². The van der Waals surface area contributed by atoms with Gasteiger partial charge in [0.25, 0.3) is 0 Å². The largest absolute Gasteiger partial charge is 0.355 e. The van der Waals surface area contributed by atoms with Gasteiger partial charge in [-0.05, 0) is 18.6 Å². The number of pyridine rings is 1. The number of nitrogens with zero attached hydrogens (tertiary/aromatic N) is 7. The number of rotatable bonds is 6. The van der Waals surface area contributed by atoms with Gasteiger partial charge in [-0.15, -0.1) is 0 Å². The Bertz CT molecular complexity index is 934. The molecule has 1 amide bonds. The molecule has 3 aromatic heterocycles. The number of piperazine rings is 1. The molecule has 28 heavy (non-hydrogen) atoms. The van der Waals surface area contributed by atoms with Gasteiger partial charge in [-0.3, -0.25) is 4.79 Å². The van der Waals surface area contributed by atoms with Crippen LogP contribution < -0.4 is 15.1 Å². The smallest absolute Gasteiger partial charge is 0.241 e. The van der Waals surface area contributed by atoms with E-state index in [1.165, 1.54) is 0 Å². The van der Waals surface area contributed by atoms with Gasteiger partial charge in [-0.25, -0.2) is 19.6 Å². The summed E-state index contributed by atoms with van der Waals surface area (Å²) in [4.78, 5) is 29.8. The second-order valence-electron chi connectivity index (χ2n) is 6.75. The van der Waals surface area contributed by atoms with Crippen molar-refractivity contribution < 1.29 is 4.79 Å². The summed E-state index contributed by atoms with van der Waals surface area (Å²) < 4.78 is 1.63. The first kappa shape index (κ1) is 18.1. The summed E-state index contributed by atoms with van der Waals surface area (Å²) in [6.07, 6.45) is 6.02. The minimum absolute atomic E-state index is 0.0593. The van der Waals surface area contributed by atoms with E-state index < -0.39 is 0 Å². The summed E-state index contributed by atoms with van der Waals surface area (Å²) in [6.45, 7) is 6.27. The van der Waals surface area contributed by atoms with Crippen LogP contribution in [0.2, 0.25) is 0 Å². The third kappa shape index (κ3) is 3.73. The molecule has 1 fully saturated rings. The van der Waals surface area contributed by atoms with Crippen molar-refractivity contribution in [1.29, 1.82) is 0 Å². The van der Waals surface area contributed by atoms with Gasteiger partial charge < -0.3 is 15.1 Å². The fourth-order valence-electron chi connectivity index (χ4n) is 3.39. The summed E-state index contributed by atoms with van der Waals surface area (Å²) in [5.41, 5.74) is 0.684. The molecule has 0 saturated carbocycles. The number of hydrogen-bond acceptors (Lipinski definition) is 7. The second-order valence-corrected chi connectivity index (χ2v) is 6.75. The molecule has 146 valence electrons. The molecule has 4 heterocycles. The van der Waals surface area contributed by atoms with Gasteiger partial charge in [0.1, 0.15) is 24.5 Å². The van der Waals surface area contributed by atoms with Crippen molar-refractivity contribution in [3.05, 3.63) is 36.9 Å². The highest BCUT2D eigenvalue weighted by Gasteiger charge is 2.22. The zero-order chi connectivity index (χ0) is 19.3. The monoisotopic (exact) mass is 380 g/mol. The summed E-state index contributed by atoms with van der Waals surface area (Å²) in [5.74, 6) is 1.81. The van der Waals surface area contributed by atoms with Crippen LogP contribution in [0.15, 0.2) is 36.9 Å². The number of carbonyl (C=O) groups is 1. The van der Waals surface area contributed by atoms with Crippen molar-refractivity contribution in [2.24, 2.45) is 0 Å². The van der Waals surface area contributed by atoms with Crippen LogP contribution in [0, 0.1) is 0 Å². The Morgan fingerprint density at radius 2 is 1.93 bits per heavy atom. The molecular formula is C19H24N8O. The lowest BCUT2D eigenvalue weighted by Gasteiger charge is -2.36. The van der Waals surface area contributed by atoms with Crippen LogP contribution in [0.3, 0.4) is 0 Å². The molecule has 0 aromatic carbocycles. The minimum atomic E-state index is -0.0593. The lowest BCUT2D eigenvalue weighted by Crippen LogP contribution is -2.47. The van der Waals surface area contributed by atoms with E-state index in [1.807, 2.05) is 31.3 Å². The SMILES string of the molecule is CCCNC(=O)Cn1ncc2c(N3CCN(c4ccccn4)CC3)ncnc21. The van der Waals surface area contributed by atoms with Crippen LogP contribution in [0.5, 0.6) is 0 Å². The van der Waals surface area contributed by atoms with Crippen LogP contribution in [-0.4, -0.2) is 63.4 Å². The molecule has 0 unspecified atom stereocenters. The van der Waals surface area contributed by atoms with Crippen LogP contribution in [0.25, 0.3) is 11.0 Å². The summed E-state index contributed by atoms with van der Waals surface area (Å²) in [6, 6.07) is 5.97. The number of aromatic nitrogens is 5. The van der Waals surface area contributed by atoms with Gasteiger partial charge in [0.15, 0.2) is 5.65 Å². The van der Waals surface area contributed by atoms with Crippen molar-refractivity contribution in [2.45, 2.75) is 19.9 Å². The predicted octanol–water partition coefficient (Wildman–Crippen LogP) is 1.07. The van der Waals surface area contributed by atoms with Crippen LogP contribution in [0.4, 0.5) is 11.6 Å². The van der Waals surface area contributed by atoms with Crippen molar-refractivity contribution >= 4 is 28.6 Å². The molecule has 1 aliphatic rings. The average molecular weight is 380 g/mol. The molecule has 1 aliphatic heterocycles. The van der Waals surface area contributed by atoms with E-state index in [-0.39, 0.29) is 12.5 Å². The van der Waals surface area contributed by atoms with E-state index in [0.29, 0.717) is 12.2 Å². The Balaban J connectivity index is 1.48. The zero-order valence-corrected chi connectivity index (χ0v) is 16.0. The van der Waals surface area contributed by atoms with Crippen LogP contribution in [-0.2, 0) is 11.3 Å². The van der Waals surface area contributed by atoms with Crippen molar-refractivity contribution in [3.8, 4) is 0 Å². The van der Waals surface area contributed by atoms with E-state index >= 15 is 0 Å². The van der Waals surface area contributed by atoms with E-state index in [1.54, 1.807) is 17.2 Å². The molecule has 3 aromatic rings. The normalized spacial score (nSPS) is 14.5. The summed E-state index contributed by atoms with van der Waals surface area (Å²) >= 11 is 0. The second kappa shape index (κ2) is 8.20. The maximum Gasteiger partial charge on any atom is 0.241 e. The molecule has 0 spiro atoms. The van der Waals surface area contributed by atoms with Gasteiger partial charge in [0, 0.05) is 38.9 Å². The third-order valence-corrected chi connectivity index (χ3v) is 4.83. The number of anilines is 2. The van der Waals surface area contributed by atoms with Crippen molar-refractivity contribution in [3.63, 3.8) is 0 Å². The Kier molecular flexibility index (Phi) is 5.31. The van der Waals surface area contributed by atoms with Gasteiger partial charge in [0.05, 0.1) is 11.6 Å². The third-order valence-electron chi connectivity index (χ3n) is 4.83. The zero-order valence-electron chi connectivity index (χ0n) is 16.0. The van der Waals surface area contributed by atoms with Crippen molar-refractivity contribution in [1.82, 2.24) is 30.0 Å². The van der Waals surface area contributed by atoms with E-state index in [2.05, 4.69) is 35.2 Å². The Hall–Kier alpha value is -3.23. The lowest BCUT2D eigenvalue weighted by molar-refractivity contribution is -0.121. The van der Waals surface area contributed by atoms with Gasteiger partial charge in [0.2, 0.25) is 5.91 Å². The molecule has 9 nitrogen and oxygen atoms in total. The first-order chi connectivity index (χ1) is 13.8.